The Morgan fingerprint density at radius 2 is 2.22 bits per heavy atom. The number of nitro groups is 1. The number of nitro benzene ring substituents is 1. The first kappa shape index (κ1) is 13.9. The molecule has 0 bridgehead atoms. The molecule has 1 unspecified atom stereocenters. The Morgan fingerprint density at radius 3 is 3.04 bits per heavy atom. The lowest BCUT2D eigenvalue weighted by Gasteiger charge is -2.28. The van der Waals surface area contributed by atoms with E-state index >= 15 is 0 Å². The molecule has 1 aliphatic carbocycles. The van der Waals surface area contributed by atoms with Gasteiger partial charge in [0.15, 0.2) is 0 Å². The van der Waals surface area contributed by atoms with Gasteiger partial charge in [-0.2, -0.15) is 0 Å². The number of aryl methyl sites for hydroxylation is 1. The van der Waals surface area contributed by atoms with Crippen LogP contribution in [0.3, 0.4) is 0 Å². The Hall–Kier alpha value is -2.69. The van der Waals surface area contributed by atoms with E-state index in [1.54, 1.807) is 25.5 Å². The lowest BCUT2D eigenvalue weighted by atomic mass is 9.77. The molecule has 0 fully saturated rings. The topological polar surface area (TPSA) is 68.6 Å². The van der Waals surface area contributed by atoms with Gasteiger partial charge in [-0.1, -0.05) is 18.2 Å². The molecule has 1 aromatic heterocycles. The van der Waals surface area contributed by atoms with Crippen molar-refractivity contribution in [1.82, 2.24) is 0 Å². The van der Waals surface area contributed by atoms with Crippen molar-refractivity contribution in [2.24, 2.45) is 4.99 Å². The fourth-order valence-electron chi connectivity index (χ4n) is 3.48. The van der Waals surface area contributed by atoms with Crippen LogP contribution in [0.15, 0.2) is 51.8 Å². The van der Waals surface area contributed by atoms with Crippen molar-refractivity contribution < 1.29 is 9.34 Å². The van der Waals surface area contributed by atoms with Crippen LogP contribution in [0.2, 0.25) is 0 Å². The maximum absolute atomic E-state index is 11.3. The molecule has 1 atom stereocenters. The van der Waals surface area contributed by atoms with Gasteiger partial charge in [-0.25, -0.2) is 4.99 Å². The van der Waals surface area contributed by atoms with Crippen LogP contribution in [0.25, 0.3) is 0 Å². The van der Waals surface area contributed by atoms with Crippen molar-refractivity contribution in [2.75, 3.05) is 0 Å². The molecule has 2 aliphatic rings. The molecule has 0 saturated carbocycles. The lowest BCUT2D eigenvalue weighted by Crippen LogP contribution is -2.19. The van der Waals surface area contributed by atoms with Crippen LogP contribution in [0.1, 0.15) is 41.9 Å². The molecule has 5 heteroatoms. The van der Waals surface area contributed by atoms with Crippen molar-refractivity contribution >= 4 is 17.1 Å². The summed E-state index contributed by atoms with van der Waals surface area (Å²) in [6.45, 7) is 1.76. The van der Waals surface area contributed by atoms with Gasteiger partial charge in [-0.15, -0.1) is 0 Å². The molecule has 1 aliphatic heterocycles. The first-order valence-electron chi connectivity index (χ1n) is 7.74. The Balaban J connectivity index is 1.90. The predicted molar refractivity (Wildman–Crippen MR) is 87.4 cm³/mol. The van der Waals surface area contributed by atoms with Gasteiger partial charge < -0.3 is 4.42 Å². The summed E-state index contributed by atoms with van der Waals surface area (Å²) in [5.41, 5.74) is 5.83. The van der Waals surface area contributed by atoms with Crippen molar-refractivity contribution in [3.05, 3.63) is 69.2 Å². The number of benzene rings is 1. The van der Waals surface area contributed by atoms with E-state index in [2.05, 4.69) is 6.08 Å². The van der Waals surface area contributed by atoms with Gasteiger partial charge in [0.2, 0.25) is 0 Å². The van der Waals surface area contributed by atoms with Crippen LogP contribution < -0.4 is 0 Å². The maximum atomic E-state index is 11.3. The fourth-order valence-corrected chi connectivity index (χ4v) is 3.48. The minimum atomic E-state index is -0.317. The van der Waals surface area contributed by atoms with Gasteiger partial charge in [-0.3, -0.25) is 10.1 Å². The summed E-state index contributed by atoms with van der Waals surface area (Å²) >= 11 is 0. The zero-order valence-corrected chi connectivity index (χ0v) is 12.8. The highest BCUT2D eigenvalue weighted by atomic mass is 16.6. The summed E-state index contributed by atoms with van der Waals surface area (Å²) in [5.74, 6) is -0.0316. The zero-order valence-electron chi connectivity index (χ0n) is 12.8. The van der Waals surface area contributed by atoms with Crippen LogP contribution >= 0.6 is 0 Å². The minimum absolute atomic E-state index is 0.0316. The molecule has 1 aromatic carbocycles. The van der Waals surface area contributed by atoms with E-state index in [1.165, 1.54) is 5.57 Å². The predicted octanol–water partition coefficient (Wildman–Crippen LogP) is 4.82. The average molecular weight is 308 g/mol. The average Bonchev–Trinajstić information content (AvgIpc) is 3.01. The van der Waals surface area contributed by atoms with Crippen molar-refractivity contribution in [3.63, 3.8) is 0 Å². The van der Waals surface area contributed by atoms with E-state index < -0.39 is 0 Å². The summed E-state index contributed by atoms with van der Waals surface area (Å²) < 4.78 is 5.36. The van der Waals surface area contributed by atoms with Gasteiger partial charge in [0, 0.05) is 28.8 Å². The van der Waals surface area contributed by atoms with Crippen LogP contribution in [-0.4, -0.2) is 10.6 Å². The van der Waals surface area contributed by atoms with Crippen molar-refractivity contribution in [3.8, 4) is 0 Å². The van der Waals surface area contributed by atoms with Gasteiger partial charge in [0.1, 0.15) is 12.0 Å². The second kappa shape index (κ2) is 5.19. The third-order valence-corrected chi connectivity index (χ3v) is 4.63. The van der Waals surface area contributed by atoms with Gasteiger partial charge in [-0.05, 0) is 37.3 Å². The maximum Gasteiger partial charge on any atom is 0.272 e. The van der Waals surface area contributed by atoms with Gasteiger partial charge >= 0.3 is 0 Å². The molecule has 2 aromatic rings. The second-order valence-corrected chi connectivity index (χ2v) is 6.06. The largest absolute Gasteiger partial charge is 0.470 e. The molecule has 5 nitrogen and oxygen atoms in total. The molecule has 0 amide bonds. The van der Waals surface area contributed by atoms with Gasteiger partial charge in [0.25, 0.3) is 5.69 Å². The number of nitrogens with zero attached hydrogens (tertiary/aromatic N) is 2. The van der Waals surface area contributed by atoms with E-state index in [9.17, 15) is 10.1 Å². The van der Waals surface area contributed by atoms with Crippen molar-refractivity contribution in [2.45, 2.75) is 32.1 Å². The molecule has 0 N–H and O–H groups in total. The van der Waals surface area contributed by atoms with Gasteiger partial charge in [0.05, 0.1) is 11.2 Å². The molecule has 2 heterocycles. The molecule has 0 spiro atoms. The summed E-state index contributed by atoms with van der Waals surface area (Å²) in [4.78, 5) is 15.7. The summed E-state index contributed by atoms with van der Waals surface area (Å²) in [6.07, 6.45) is 8.64. The summed E-state index contributed by atoms with van der Waals surface area (Å²) in [6, 6.07) is 5.49. The van der Waals surface area contributed by atoms with Crippen LogP contribution in [0.4, 0.5) is 11.4 Å². The quantitative estimate of drug-likeness (QED) is 0.589. The molecular weight excluding hydrogens is 292 g/mol. The minimum Gasteiger partial charge on any atom is -0.470 e. The summed E-state index contributed by atoms with van der Waals surface area (Å²) in [5, 5.41) is 11.3. The Bertz CT molecular complexity index is 861. The number of fused-ring (bicyclic) bond motifs is 2. The van der Waals surface area contributed by atoms with E-state index in [0.29, 0.717) is 5.56 Å². The second-order valence-electron chi connectivity index (χ2n) is 6.06. The fraction of sp³-hybridized carbons (Fsp3) is 0.278. The molecule has 0 saturated heterocycles. The molecule has 4 rings (SSSR count). The summed E-state index contributed by atoms with van der Waals surface area (Å²) in [7, 11) is 0. The Morgan fingerprint density at radius 1 is 1.35 bits per heavy atom. The normalized spacial score (nSPS) is 19.4. The monoisotopic (exact) mass is 308 g/mol. The van der Waals surface area contributed by atoms with Crippen LogP contribution in [0.5, 0.6) is 0 Å². The molecule has 23 heavy (non-hydrogen) atoms. The third-order valence-electron chi connectivity index (χ3n) is 4.63. The SMILES string of the molecule is Cc1ccc(C2C3=CCCCC3=Nc3cocc32)cc1[N+](=O)[O-]. The van der Waals surface area contributed by atoms with E-state index in [0.717, 1.165) is 41.8 Å². The first-order valence-corrected chi connectivity index (χ1v) is 7.74. The Kier molecular flexibility index (Phi) is 3.15. The van der Waals surface area contributed by atoms with Crippen LogP contribution in [-0.2, 0) is 0 Å². The van der Waals surface area contributed by atoms with E-state index in [-0.39, 0.29) is 16.5 Å². The third kappa shape index (κ3) is 2.20. The highest BCUT2D eigenvalue weighted by Crippen LogP contribution is 2.45. The first-order chi connectivity index (χ1) is 11.1. The number of aliphatic imine (C=N–C) groups is 1. The molecular formula is C18H16N2O3. The number of hydrogen-bond donors (Lipinski definition) is 0. The number of allylic oxidation sites excluding steroid dienone is 2. The van der Waals surface area contributed by atoms with Crippen LogP contribution in [0, 0.1) is 17.0 Å². The Labute approximate surface area is 133 Å². The lowest BCUT2D eigenvalue weighted by molar-refractivity contribution is -0.385. The zero-order chi connectivity index (χ0) is 16.0. The molecule has 116 valence electrons. The highest BCUT2D eigenvalue weighted by Gasteiger charge is 2.32. The number of furan rings is 1. The van der Waals surface area contributed by atoms with E-state index in [4.69, 9.17) is 9.41 Å². The van der Waals surface area contributed by atoms with E-state index in [1.807, 2.05) is 12.1 Å². The van der Waals surface area contributed by atoms with Crippen molar-refractivity contribution in [1.29, 1.82) is 0 Å². The molecule has 0 radical (unpaired) electrons. The standard InChI is InChI=1S/C18H16N2O3/c1-11-6-7-12(8-17(11)20(21)22)18-13-4-2-3-5-15(13)19-16-10-23-9-14(16)18/h4,6-10,18H,2-3,5H2,1H3. The smallest absolute Gasteiger partial charge is 0.272 e. The number of rotatable bonds is 2. The number of hydrogen-bond acceptors (Lipinski definition) is 4. The highest BCUT2D eigenvalue weighted by molar-refractivity contribution is 6.06.